The second-order valence-corrected chi connectivity index (χ2v) is 2.67. The van der Waals surface area contributed by atoms with Gasteiger partial charge in [-0.2, -0.15) is 0 Å². The number of hydrogen-bond acceptors (Lipinski definition) is 7. The van der Waals surface area contributed by atoms with Crippen LogP contribution in [0.5, 0.6) is 0 Å². The van der Waals surface area contributed by atoms with Crippen LogP contribution in [0, 0.1) is 0 Å². The van der Waals surface area contributed by atoms with Crippen LogP contribution in [0.15, 0.2) is 0 Å². The van der Waals surface area contributed by atoms with E-state index < -0.39 is 31.0 Å². The lowest BCUT2D eigenvalue weighted by molar-refractivity contribution is -0.136. The standard InChI is InChI=1S/C6H12O6.C2H6O/c7-1-3(9)5(11)6(12)4(10)2-8;1-2-3/h1,3-6,8-12H,2H2;3H,2H2,1H3/t3-,4+,5+,6+;/m0./s1. The first-order valence-corrected chi connectivity index (χ1v) is 4.35. The summed E-state index contributed by atoms with van der Waals surface area (Å²) in [7, 11) is 0. The minimum absolute atomic E-state index is 0.0258. The Labute approximate surface area is 87.2 Å². The first kappa shape index (κ1) is 16.8. The first-order chi connectivity index (χ1) is 6.95. The zero-order valence-electron chi connectivity index (χ0n) is 8.39. The third-order valence-corrected chi connectivity index (χ3v) is 1.42. The van der Waals surface area contributed by atoms with Crippen LogP contribution in [0.1, 0.15) is 6.92 Å². The Morgan fingerprint density at radius 1 is 1.07 bits per heavy atom. The van der Waals surface area contributed by atoms with E-state index in [1.165, 1.54) is 0 Å². The molecule has 0 saturated heterocycles. The molecule has 0 spiro atoms. The number of aliphatic hydroxyl groups excluding tert-OH is 6. The SMILES string of the molecule is CCO.O=C[C@H](O)[C@@H](O)[C@H](O)[C@H](O)CO. The fourth-order valence-electron chi connectivity index (χ4n) is 0.618. The van der Waals surface area contributed by atoms with Gasteiger partial charge in [0.2, 0.25) is 0 Å². The molecule has 0 aliphatic carbocycles. The molecule has 0 aliphatic heterocycles. The van der Waals surface area contributed by atoms with Crippen LogP contribution in [0.4, 0.5) is 0 Å². The number of hydrogen-bond donors (Lipinski definition) is 6. The molecule has 0 unspecified atom stereocenters. The van der Waals surface area contributed by atoms with E-state index in [2.05, 4.69) is 0 Å². The molecule has 0 aromatic carbocycles. The highest BCUT2D eigenvalue weighted by Gasteiger charge is 2.29. The van der Waals surface area contributed by atoms with Gasteiger partial charge in [-0.1, -0.05) is 0 Å². The summed E-state index contributed by atoms with van der Waals surface area (Å²) in [4.78, 5) is 9.90. The van der Waals surface area contributed by atoms with Crippen molar-refractivity contribution in [3.05, 3.63) is 0 Å². The van der Waals surface area contributed by atoms with Crippen LogP contribution in [0.2, 0.25) is 0 Å². The smallest absolute Gasteiger partial charge is 0.151 e. The van der Waals surface area contributed by atoms with Crippen molar-refractivity contribution in [1.82, 2.24) is 0 Å². The summed E-state index contributed by atoms with van der Waals surface area (Å²) in [5.74, 6) is 0. The monoisotopic (exact) mass is 226 g/mol. The number of carbonyl (C=O) groups excluding carboxylic acids is 1. The molecule has 7 heteroatoms. The van der Waals surface area contributed by atoms with Gasteiger partial charge < -0.3 is 35.4 Å². The topological polar surface area (TPSA) is 138 Å². The third-order valence-electron chi connectivity index (χ3n) is 1.42. The molecule has 7 nitrogen and oxygen atoms in total. The predicted octanol–water partition coefficient (Wildman–Crippen LogP) is -3.38. The molecule has 0 aromatic heterocycles. The van der Waals surface area contributed by atoms with E-state index >= 15 is 0 Å². The maximum atomic E-state index is 9.90. The van der Waals surface area contributed by atoms with E-state index in [4.69, 9.17) is 30.6 Å². The Morgan fingerprint density at radius 3 is 1.73 bits per heavy atom. The fraction of sp³-hybridized carbons (Fsp3) is 0.875. The second kappa shape index (κ2) is 9.97. The Kier molecular flexibility index (Phi) is 11.2. The molecule has 0 aromatic rings. The van der Waals surface area contributed by atoms with Gasteiger partial charge in [-0.3, -0.25) is 0 Å². The number of aliphatic hydroxyl groups is 6. The van der Waals surface area contributed by atoms with Crippen molar-refractivity contribution >= 4 is 6.29 Å². The minimum Gasteiger partial charge on any atom is -0.397 e. The molecule has 0 bridgehead atoms. The van der Waals surface area contributed by atoms with E-state index in [1.807, 2.05) is 0 Å². The average molecular weight is 226 g/mol. The molecule has 0 rings (SSSR count). The molecule has 15 heavy (non-hydrogen) atoms. The van der Waals surface area contributed by atoms with Crippen LogP contribution in [0.3, 0.4) is 0 Å². The van der Waals surface area contributed by atoms with Crippen molar-refractivity contribution in [1.29, 1.82) is 0 Å². The van der Waals surface area contributed by atoms with Crippen molar-refractivity contribution in [2.24, 2.45) is 0 Å². The van der Waals surface area contributed by atoms with Crippen LogP contribution in [-0.4, -0.2) is 74.6 Å². The van der Waals surface area contributed by atoms with Crippen molar-refractivity contribution in [3.8, 4) is 0 Å². The molecule has 6 N–H and O–H groups in total. The highest BCUT2D eigenvalue weighted by Crippen LogP contribution is 2.02. The Morgan fingerprint density at radius 2 is 1.47 bits per heavy atom. The first-order valence-electron chi connectivity index (χ1n) is 4.35. The van der Waals surface area contributed by atoms with Gasteiger partial charge in [0.05, 0.1) is 6.61 Å². The largest absolute Gasteiger partial charge is 0.397 e. The summed E-state index contributed by atoms with van der Waals surface area (Å²) < 4.78 is 0. The Hall–Kier alpha value is -0.570. The Bertz CT molecular complexity index is 152. The van der Waals surface area contributed by atoms with E-state index in [9.17, 15) is 4.79 Å². The molecule has 4 atom stereocenters. The number of carbonyl (C=O) groups is 1. The van der Waals surface area contributed by atoms with Gasteiger partial charge in [0.25, 0.3) is 0 Å². The average Bonchev–Trinajstić information content (AvgIpc) is 2.25. The molecule has 0 heterocycles. The zero-order valence-corrected chi connectivity index (χ0v) is 8.39. The maximum Gasteiger partial charge on any atom is 0.151 e. The minimum atomic E-state index is -1.79. The molecular formula is C8H18O7. The van der Waals surface area contributed by atoms with Gasteiger partial charge in [-0.25, -0.2) is 0 Å². The molecule has 0 aliphatic rings. The van der Waals surface area contributed by atoms with Crippen molar-refractivity contribution in [3.63, 3.8) is 0 Å². The maximum absolute atomic E-state index is 9.90. The summed E-state index contributed by atoms with van der Waals surface area (Å²) in [5.41, 5.74) is 0. The second-order valence-electron chi connectivity index (χ2n) is 2.67. The predicted molar refractivity (Wildman–Crippen MR) is 49.9 cm³/mol. The Balaban J connectivity index is 0. The summed E-state index contributed by atoms with van der Waals surface area (Å²) in [6.45, 7) is 1.17. The van der Waals surface area contributed by atoms with Gasteiger partial charge in [0, 0.05) is 6.61 Å². The van der Waals surface area contributed by atoms with E-state index in [1.54, 1.807) is 6.92 Å². The van der Waals surface area contributed by atoms with E-state index in [0.717, 1.165) is 0 Å². The van der Waals surface area contributed by atoms with Gasteiger partial charge in [-0.05, 0) is 6.92 Å². The van der Waals surface area contributed by atoms with Crippen molar-refractivity contribution in [2.45, 2.75) is 31.3 Å². The summed E-state index contributed by atoms with van der Waals surface area (Å²) in [6, 6.07) is 0. The van der Waals surface area contributed by atoms with Crippen LogP contribution in [-0.2, 0) is 4.79 Å². The van der Waals surface area contributed by atoms with Crippen molar-refractivity contribution < 1.29 is 35.4 Å². The van der Waals surface area contributed by atoms with Gasteiger partial charge in [-0.15, -0.1) is 0 Å². The van der Waals surface area contributed by atoms with Gasteiger partial charge in [0.1, 0.15) is 24.4 Å². The van der Waals surface area contributed by atoms with Gasteiger partial charge >= 0.3 is 0 Å². The molecule has 92 valence electrons. The highest BCUT2D eigenvalue weighted by atomic mass is 16.4. The lowest BCUT2D eigenvalue weighted by atomic mass is 10.0. The highest BCUT2D eigenvalue weighted by molar-refractivity contribution is 5.56. The molecule has 0 amide bonds. The molecular weight excluding hydrogens is 208 g/mol. The van der Waals surface area contributed by atoms with E-state index in [-0.39, 0.29) is 12.9 Å². The third kappa shape index (κ3) is 7.37. The lowest BCUT2D eigenvalue weighted by Gasteiger charge is -2.22. The number of aldehydes is 1. The lowest BCUT2D eigenvalue weighted by Crippen LogP contribution is -2.46. The quantitative estimate of drug-likeness (QED) is 0.269. The fourth-order valence-corrected chi connectivity index (χ4v) is 0.618. The summed E-state index contributed by atoms with van der Waals surface area (Å²) in [5, 5.41) is 51.1. The van der Waals surface area contributed by atoms with E-state index in [0.29, 0.717) is 0 Å². The molecule has 0 saturated carbocycles. The molecule has 0 fully saturated rings. The normalized spacial score (nSPS) is 18.1. The van der Waals surface area contributed by atoms with Crippen molar-refractivity contribution in [2.75, 3.05) is 13.2 Å². The van der Waals surface area contributed by atoms with Crippen LogP contribution < -0.4 is 0 Å². The molecule has 0 radical (unpaired) electrons. The van der Waals surface area contributed by atoms with Crippen LogP contribution in [0.25, 0.3) is 0 Å². The van der Waals surface area contributed by atoms with Crippen LogP contribution >= 0.6 is 0 Å². The summed E-state index contributed by atoms with van der Waals surface area (Å²) >= 11 is 0. The summed E-state index contributed by atoms with van der Waals surface area (Å²) in [6.07, 6.45) is -6.84. The number of rotatable bonds is 5. The van der Waals surface area contributed by atoms with Gasteiger partial charge in [0.15, 0.2) is 6.29 Å². The zero-order chi connectivity index (χ0) is 12.4.